The van der Waals surface area contributed by atoms with Gasteiger partial charge in [0.15, 0.2) is 0 Å². The molecule has 0 bridgehead atoms. The minimum atomic E-state index is -4.66. The number of benzene rings is 1. The van der Waals surface area contributed by atoms with Gasteiger partial charge in [-0.3, -0.25) is 4.79 Å². The lowest BCUT2D eigenvalue weighted by Gasteiger charge is -2.09. The molecule has 18 heavy (non-hydrogen) atoms. The van der Waals surface area contributed by atoms with Gasteiger partial charge in [0.25, 0.3) is 0 Å². The number of primary amides is 1. The van der Waals surface area contributed by atoms with Gasteiger partial charge < -0.3 is 16.0 Å². The van der Waals surface area contributed by atoms with E-state index in [4.69, 9.17) is 11.5 Å². The molecule has 1 aromatic carbocycles. The van der Waals surface area contributed by atoms with Gasteiger partial charge >= 0.3 is 6.18 Å². The summed E-state index contributed by atoms with van der Waals surface area (Å²) < 4.78 is 39.0. The zero-order valence-electron chi connectivity index (χ0n) is 9.03. The summed E-state index contributed by atoms with van der Waals surface area (Å²) in [5, 5.41) is 0. The molecule has 0 aliphatic carbocycles. The molecule has 2 aromatic rings. The third-order valence-corrected chi connectivity index (χ3v) is 2.34. The fraction of sp³-hybridized carbons (Fsp3) is 0.200. The van der Waals surface area contributed by atoms with Crippen molar-refractivity contribution in [2.45, 2.75) is 12.7 Å². The molecule has 1 heterocycles. The number of halogens is 3. The predicted molar refractivity (Wildman–Crippen MR) is 58.3 cm³/mol. The Kier molecular flexibility index (Phi) is 2.64. The van der Waals surface area contributed by atoms with Crippen molar-refractivity contribution in [2.75, 3.05) is 5.73 Å². The van der Waals surface area contributed by atoms with E-state index in [2.05, 4.69) is 4.98 Å². The van der Waals surface area contributed by atoms with E-state index >= 15 is 0 Å². The normalized spacial score (nSPS) is 11.9. The third kappa shape index (κ3) is 2.08. The first-order valence-corrected chi connectivity index (χ1v) is 4.90. The first-order valence-electron chi connectivity index (χ1n) is 4.90. The largest absolute Gasteiger partial charge is 0.449 e. The Morgan fingerprint density at radius 1 is 1.39 bits per heavy atom. The van der Waals surface area contributed by atoms with Crippen molar-refractivity contribution >= 4 is 22.6 Å². The number of amides is 1. The predicted octanol–water partition coefficient (Wildman–Crippen LogP) is 1.12. The number of anilines is 1. The maximum atomic E-state index is 12.8. The van der Waals surface area contributed by atoms with Crippen molar-refractivity contribution in [1.29, 1.82) is 0 Å². The van der Waals surface area contributed by atoms with Crippen LogP contribution in [-0.4, -0.2) is 15.5 Å². The van der Waals surface area contributed by atoms with E-state index in [0.29, 0.717) is 5.69 Å². The summed E-state index contributed by atoms with van der Waals surface area (Å²) in [6.07, 6.45) is -4.66. The van der Waals surface area contributed by atoms with Crippen molar-refractivity contribution in [3.63, 3.8) is 0 Å². The Morgan fingerprint density at radius 2 is 2.06 bits per heavy atom. The van der Waals surface area contributed by atoms with Gasteiger partial charge in [-0.05, 0) is 18.2 Å². The molecule has 0 atom stereocenters. The molecule has 0 aliphatic heterocycles. The second-order valence-corrected chi connectivity index (χ2v) is 3.73. The molecule has 8 heteroatoms. The number of alkyl halides is 3. The fourth-order valence-electron chi connectivity index (χ4n) is 1.68. The summed E-state index contributed by atoms with van der Waals surface area (Å²) in [6.45, 7) is -0.588. The standard InChI is InChI=1S/C10H9F3N4O/c11-10(12,13)9-16-6-3-5(14)1-2-7(6)17(9)4-8(15)18/h1-3H,4,14H2,(H2,15,18). The highest BCUT2D eigenvalue weighted by Gasteiger charge is 2.37. The van der Waals surface area contributed by atoms with Crippen LogP contribution in [0.3, 0.4) is 0 Å². The maximum absolute atomic E-state index is 12.8. The van der Waals surface area contributed by atoms with E-state index in [0.717, 1.165) is 4.57 Å². The molecule has 0 aliphatic rings. The van der Waals surface area contributed by atoms with Crippen molar-refractivity contribution in [3.05, 3.63) is 24.0 Å². The molecule has 96 valence electrons. The highest BCUT2D eigenvalue weighted by atomic mass is 19.4. The Bertz CT molecular complexity index is 617. The van der Waals surface area contributed by atoms with Gasteiger partial charge in [-0.2, -0.15) is 13.2 Å². The van der Waals surface area contributed by atoms with Crippen molar-refractivity contribution < 1.29 is 18.0 Å². The maximum Gasteiger partial charge on any atom is 0.449 e. The Hall–Kier alpha value is -2.25. The molecule has 0 saturated heterocycles. The second-order valence-electron chi connectivity index (χ2n) is 3.73. The molecule has 2 rings (SSSR count). The van der Waals surface area contributed by atoms with E-state index in [1.54, 1.807) is 0 Å². The number of aromatic nitrogens is 2. The zero-order chi connectivity index (χ0) is 13.5. The second kappa shape index (κ2) is 3.90. The molecule has 4 N–H and O–H groups in total. The summed E-state index contributed by atoms with van der Waals surface area (Å²) in [4.78, 5) is 14.3. The van der Waals surface area contributed by atoms with Gasteiger partial charge in [0.1, 0.15) is 6.54 Å². The first kappa shape index (κ1) is 12.2. The summed E-state index contributed by atoms with van der Waals surface area (Å²) in [7, 11) is 0. The van der Waals surface area contributed by atoms with Crippen LogP contribution in [-0.2, 0) is 17.5 Å². The topological polar surface area (TPSA) is 86.9 Å². The number of nitrogens with two attached hydrogens (primary N) is 2. The lowest BCUT2D eigenvalue weighted by Crippen LogP contribution is -2.23. The number of nitrogen functional groups attached to an aromatic ring is 1. The summed E-state index contributed by atoms with van der Waals surface area (Å²) in [5.74, 6) is -2.04. The van der Waals surface area contributed by atoms with Crippen molar-refractivity contribution in [1.82, 2.24) is 9.55 Å². The number of rotatable bonds is 2. The zero-order valence-corrected chi connectivity index (χ0v) is 9.03. The molecule has 1 aromatic heterocycles. The van der Waals surface area contributed by atoms with Crippen LogP contribution in [0.4, 0.5) is 18.9 Å². The van der Waals surface area contributed by atoms with E-state index in [-0.39, 0.29) is 11.0 Å². The lowest BCUT2D eigenvalue weighted by atomic mass is 10.3. The fourth-order valence-corrected chi connectivity index (χ4v) is 1.68. The molecule has 0 spiro atoms. The number of carbonyl (C=O) groups is 1. The van der Waals surface area contributed by atoms with Crippen LogP contribution < -0.4 is 11.5 Å². The molecule has 0 fully saturated rings. The van der Waals surface area contributed by atoms with Crippen LogP contribution in [0.25, 0.3) is 11.0 Å². The highest BCUT2D eigenvalue weighted by molar-refractivity contribution is 5.82. The number of fused-ring (bicyclic) bond motifs is 1. The number of nitrogens with zero attached hydrogens (tertiary/aromatic N) is 2. The van der Waals surface area contributed by atoms with Crippen molar-refractivity contribution in [3.8, 4) is 0 Å². The molecular weight excluding hydrogens is 249 g/mol. The molecule has 0 radical (unpaired) electrons. The summed E-state index contributed by atoms with van der Waals surface area (Å²) in [5.41, 5.74) is 10.9. The molecular formula is C10H9F3N4O. The summed E-state index contributed by atoms with van der Waals surface area (Å²) >= 11 is 0. The van der Waals surface area contributed by atoms with Crippen molar-refractivity contribution in [2.24, 2.45) is 5.73 Å². The molecule has 0 unspecified atom stereocenters. The first-order chi connectivity index (χ1) is 8.29. The minimum Gasteiger partial charge on any atom is -0.399 e. The van der Waals surface area contributed by atoms with E-state index in [1.807, 2.05) is 0 Å². The Morgan fingerprint density at radius 3 is 2.61 bits per heavy atom. The van der Waals surface area contributed by atoms with E-state index in [1.165, 1.54) is 18.2 Å². The summed E-state index contributed by atoms with van der Waals surface area (Å²) in [6, 6.07) is 4.11. The van der Waals surface area contributed by atoms with Gasteiger partial charge in [0.05, 0.1) is 11.0 Å². The van der Waals surface area contributed by atoms with Crippen LogP contribution in [0.5, 0.6) is 0 Å². The quantitative estimate of drug-likeness (QED) is 0.791. The number of hydrogen-bond donors (Lipinski definition) is 2. The average Bonchev–Trinajstić information content (AvgIpc) is 2.55. The van der Waals surface area contributed by atoms with Gasteiger partial charge in [-0.25, -0.2) is 4.98 Å². The van der Waals surface area contributed by atoms with Gasteiger partial charge in [-0.15, -0.1) is 0 Å². The number of imidazole rings is 1. The lowest BCUT2D eigenvalue weighted by molar-refractivity contribution is -0.147. The van der Waals surface area contributed by atoms with Gasteiger partial charge in [-0.1, -0.05) is 0 Å². The van der Waals surface area contributed by atoms with Gasteiger partial charge in [0.2, 0.25) is 11.7 Å². The molecule has 1 amide bonds. The van der Waals surface area contributed by atoms with Crippen LogP contribution >= 0.6 is 0 Å². The Balaban J connectivity index is 2.72. The van der Waals surface area contributed by atoms with Crippen LogP contribution in [0.15, 0.2) is 18.2 Å². The number of carbonyl (C=O) groups excluding carboxylic acids is 1. The van der Waals surface area contributed by atoms with Crippen LogP contribution in [0.1, 0.15) is 5.82 Å². The average molecular weight is 258 g/mol. The van der Waals surface area contributed by atoms with Crippen LogP contribution in [0, 0.1) is 0 Å². The minimum absolute atomic E-state index is 0.0728. The van der Waals surface area contributed by atoms with E-state index < -0.39 is 24.5 Å². The van der Waals surface area contributed by atoms with Crippen LogP contribution in [0.2, 0.25) is 0 Å². The third-order valence-electron chi connectivity index (χ3n) is 2.34. The van der Waals surface area contributed by atoms with E-state index in [9.17, 15) is 18.0 Å². The number of hydrogen-bond acceptors (Lipinski definition) is 3. The monoisotopic (exact) mass is 258 g/mol. The molecule has 0 saturated carbocycles. The van der Waals surface area contributed by atoms with Gasteiger partial charge in [0, 0.05) is 5.69 Å². The SMILES string of the molecule is NC(=O)Cn1c(C(F)(F)F)nc2cc(N)ccc21. The smallest absolute Gasteiger partial charge is 0.399 e. The highest BCUT2D eigenvalue weighted by Crippen LogP contribution is 2.31. The Labute approximate surface area is 99.2 Å². The molecule has 5 nitrogen and oxygen atoms in total.